The van der Waals surface area contributed by atoms with E-state index in [2.05, 4.69) is 56.0 Å². The molecule has 0 saturated heterocycles. The van der Waals surface area contributed by atoms with Crippen LogP contribution in [0, 0.1) is 0 Å². The molecule has 17 heavy (non-hydrogen) atoms. The van der Waals surface area contributed by atoms with Crippen molar-refractivity contribution >= 4 is 0 Å². The predicted molar refractivity (Wildman–Crippen MR) is 74.9 cm³/mol. The van der Waals surface area contributed by atoms with Gasteiger partial charge in [-0.1, -0.05) is 50.6 Å². The zero-order valence-corrected chi connectivity index (χ0v) is 11.4. The van der Waals surface area contributed by atoms with Gasteiger partial charge in [-0.25, -0.2) is 0 Å². The maximum Gasteiger partial charge on any atom is 0.0306 e. The lowest BCUT2D eigenvalue weighted by Gasteiger charge is -2.40. The van der Waals surface area contributed by atoms with E-state index in [9.17, 15) is 0 Å². The molecular formula is C15H26N2. The second-order valence-corrected chi connectivity index (χ2v) is 4.95. The SMILES string of the molecule is CCCC(C)(CN)N(CC)Cc1ccccc1. The largest absolute Gasteiger partial charge is 0.329 e. The molecule has 2 heteroatoms. The molecule has 2 N–H and O–H groups in total. The van der Waals surface area contributed by atoms with Crippen LogP contribution in [-0.4, -0.2) is 23.5 Å². The molecule has 0 heterocycles. The van der Waals surface area contributed by atoms with Crippen molar-refractivity contribution < 1.29 is 0 Å². The fraction of sp³-hybridized carbons (Fsp3) is 0.600. The van der Waals surface area contributed by atoms with Gasteiger partial charge in [0.15, 0.2) is 0 Å². The normalized spacial score (nSPS) is 14.9. The molecule has 0 saturated carbocycles. The lowest BCUT2D eigenvalue weighted by atomic mass is 9.93. The van der Waals surface area contributed by atoms with E-state index in [-0.39, 0.29) is 5.54 Å². The molecular weight excluding hydrogens is 208 g/mol. The summed E-state index contributed by atoms with van der Waals surface area (Å²) in [6.07, 6.45) is 2.34. The van der Waals surface area contributed by atoms with E-state index in [0.717, 1.165) is 26.1 Å². The standard InChI is InChI=1S/C15H26N2/c1-4-11-15(3,13-16)17(5-2)12-14-9-7-6-8-10-14/h6-10H,4-5,11-13,16H2,1-3H3. The van der Waals surface area contributed by atoms with Gasteiger partial charge in [0.2, 0.25) is 0 Å². The van der Waals surface area contributed by atoms with E-state index < -0.39 is 0 Å². The lowest BCUT2D eigenvalue weighted by molar-refractivity contribution is 0.0985. The van der Waals surface area contributed by atoms with Crippen LogP contribution in [-0.2, 0) is 6.54 Å². The summed E-state index contributed by atoms with van der Waals surface area (Å²) in [4.78, 5) is 2.49. The van der Waals surface area contributed by atoms with Gasteiger partial charge < -0.3 is 5.73 Å². The summed E-state index contributed by atoms with van der Waals surface area (Å²) in [6, 6.07) is 10.6. The molecule has 0 aliphatic carbocycles. The Morgan fingerprint density at radius 2 is 1.82 bits per heavy atom. The molecule has 2 nitrogen and oxygen atoms in total. The molecule has 0 aliphatic heterocycles. The van der Waals surface area contributed by atoms with E-state index >= 15 is 0 Å². The molecule has 1 aromatic carbocycles. The third kappa shape index (κ3) is 3.83. The van der Waals surface area contributed by atoms with Crippen LogP contribution in [0.3, 0.4) is 0 Å². The van der Waals surface area contributed by atoms with Gasteiger partial charge in [0.05, 0.1) is 0 Å². The van der Waals surface area contributed by atoms with Crippen LogP contribution in [0.5, 0.6) is 0 Å². The van der Waals surface area contributed by atoms with Gasteiger partial charge in [0, 0.05) is 18.6 Å². The van der Waals surface area contributed by atoms with Crippen molar-refractivity contribution in [3.05, 3.63) is 35.9 Å². The van der Waals surface area contributed by atoms with Gasteiger partial charge in [-0.15, -0.1) is 0 Å². The first-order valence-corrected chi connectivity index (χ1v) is 6.65. The number of nitrogens with zero attached hydrogens (tertiary/aromatic N) is 1. The first-order valence-electron chi connectivity index (χ1n) is 6.65. The highest BCUT2D eigenvalue weighted by molar-refractivity contribution is 5.15. The molecule has 1 rings (SSSR count). The van der Waals surface area contributed by atoms with Crippen LogP contribution in [0.15, 0.2) is 30.3 Å². The highest BCUT2D eigenvalue weighted by Gasteiger charge is 2.28. The molecule has 0 aliphatic rings. The van der Waals surface area contributed by atoms with Crippen LogP contribution in [0.25, 0.3) is 0 Å². The number of likely N-dealkylation sites (N-methyl/N-ethyl adjacent to an activating group) is 1. The molecule has 1 atom stereocenters. The molecule has 96 valence electrons. The zero-order chi connectivity index (χ0) is 12.7. The summed E-state index contributed by atoms with van der Waals surface area (Å²) in [5.74, 6) is 0. The second-order valence-electron chi connectivity index (χ2n) is 4.95. The molecule has 0 bridgehead atoms. The first kappa shape index (κ1) is 14.2. The van der Waals surface area contributed by atoms with Crippen molar-refractivity contribution in [3.8, 4) is 0 Å². The summed E-state index contributed by atoms with van der Waals surface area (Å²) in [7, 11) is 0. The van der Waals surface area contributed by atoms with E-state index in [1.807, 2.05) is 0 Å². The summed E-state index contributed by atoms with van der Waals surface area (Å²) >= 11 is 0. The quantitative estimate of drug-likeness (QED) is 0.786. The van der Waals surface area contributed by atoms with Gasteiger partial charge in [0.25, 0.3) is 0 Å². The minimum absolute atomic E-state index is 0.124. The predicted octanol–water partition coefficient (Wildman–Crippen LogP) is 3.03. The Hall–Kier alpha value is -0.860. The molecule has 0 radical (unpaired) electrons. The van der Waals surface area contributed by atoms with Crippen LogP contribution in [0.2, 0.25) is 0 Å². The average Bonchev–Trinajstić information content (AvgIpc) is 2.37. The number of hydrogen-bond acceptors (Lipinski definition) is 2. The maximum absolute atomic E-state index is 5.98. The summed E-state index contributed by atoms with van der Waals surface area (Å²) < 4.78 is 0. The molecule has 1 unspecified atom stereocenters. The third-order valence-electron chi connectivity index (χ3n) is 3.59. The average molecular weight is 234 g/mol. The maximum atomic E-state index is 5.98. The summed E-state index contributed by atoms with van der Waals surface area (Å²) in [6.45, 7) is 9.48. The topological polar surface area (TPSA) is 29.3 Å². The minimum Gasteiger partial charge on any atom is -0.329 e. The van der Waals surface area contributed by atoms with E-state index in [0.29, 0.717) is 0 Å². The van der Waals surface area contributed by atoms with Gasteiger partial charge in [-0.2, -0.15) is 0 Å². The Bertz CT molecular complexity index is 310. The van der Waals surface area contributed by atoms with Crippen LogP contribution < -0.4 is 5.73 Å². The summed E-state index contributed by atoms with van der Waals surface area (Å²) in [5.41, 5.74) is 7.47. The lowest BCUT2D eigenvalue weighted by Crippen LogP contribution is -2.51. The van der Waals surface area contributed by atoms with Crippen LogP contribution in [0.1, 0.15) is 39.2 Å². The number of benzene rings is 1. The Balaban J connectivity index is 2.76. The fourth-order valence-corrected chi connectivity index (χ4v) is 2.42. The monoisotopic (exact) mass is 234 g/mol. The Labute approximate surface area is 106 Å². The van der Waals surface area contributed by atoms with Crippen LogP contribution in [0.4, 0.5) is 0 Å². The third-order valence-corrected chi connectivity index (χ3v) is 3.59. The van der Waals surface area contributed by atoms with Crippen molar-refractivity contribution in [2.75, 3.05) is 13.1 Å². The van der Waals surface area contributed by atoms with Gasteiger partial charge in [-0.3, -0.25) is 4.90 Å². The Morgan fingerprint density at radius 1 is 1.18 bits per heavy atom. The first-order chi connectivity index (χ1) is 8.16. The van der Waals surface area contributed by atoms with Crippen molar-refractivity contribution in [1.29, 1.82) is 0 Å². The highest BCUT2D eigenvalue weighted by Crippen LogP contribution is 2.22. The number of nitrogens with two attached hydrogens (primary N) is 1. The fourth-order valence-electron chi connectivity index (χ4n) is 2.42. The van der Waals surface area contributed by atoms with E-state index in [4.69, 9.17) is 5.73 Å². The van der Waals surface area contributed by atoms with E-state index in [1.165, 1.54) is 12.0 Å². The molecule has 1 aromatic rings. The molecule has 0 spiro atoms. The molecule has 0 fully saturated rings. The molecule has 0 amide bonds. The number of hydrogen-bond donors (Lipinski definition) is 1. The van der Waals surface area contributed by atoms with Gasteiger partial charge in [0.1, 0.15) is 0 Å². The second kappa shape index (κ2) is 6.77. The Kier molecular flexibility index (Phi) is 5.66. The van der Waals surface area contributed by atoms with Crippen molar-refractivity contribution in [1.82, 2.24) is 4.90 Å². The summed E-state index contributed by atoms with van der Waals surface area (Å²) in [5, 5.41) is 0. The number of rotatable bonds is 7. The highest BCUT2D eigenvalue weighted by atomic mass is 15.2. The van der Waals surface area contributed by atoms with Crippen molar-refractivity contribution in [2.24, 2.45) is 5.73 Å². The minimum atomic E-state index is 0.124. The smallest absolute Gasteiger partial charge is 0.0306 e. The van der Waals surface area contributed by atoms with Gasteiger partial charge in [-0.05, 0) is 25.5 Å². The van der Waals surface area contributed by atoms with Gasteiger partial charge >= 0.3 is 0 Å². The zero-order valence-electron chi connectivity index (χ0n) is 11.4. The van der Waals surface area contributed by atoms with Crippen molar-refractivity contribution in [2.45, 2.75) is 45.7 Å². The van der Waals surface area contributed by atoms with Crippen LogP contribution >= 0.6 is 0 Å². The molecule has 0 aromatic heterocycles. The van der Waals surface area contributed by atoms with Crippen molar-refractivity contribution in [3.63, 3.8) is 0 Å². The Morgan fingerprint density at radius 3 is 2.29 bits per heavy atom. The van der Waals surface area contributed by atoms with E-state index in [1.54, 1.807) is 0 Å².